The Labute approximate surface area is 157 Å². The third-order valence-electron chi connectivity index (χ3n) is 4.61. The molecule has 4 heteroatoms. The first-order chi connectivity index (χ1) is 12.6. The Morgan fingerprint density at radius 2 is 1.85 bits per heavy atom. The van der Waals surface area contributed by atoms with Gasteiger partial charge in [0.1, 0.15) is 5.75 Å². The summed E-state index contributed by atoms with van der Waals surface area (Å²) >= 11 is 6.08. The second-order valence-electron chi connectivity index (χ2n) is 6.38. The highest BCUT2D eigenvalue weighted by Crippen LogP contribution is 2.34. The van der Waals surface area contributed by atoms with Gasteiger partial charge >= 0.3 is 0 Å². The summed E-state index contributed by atoms with van der Waals surface area (Å²) in [5.74, 6) is 0.782. The van der Waals surface area contributed by atoms with Gasteiger partial charge < -0.3 is 10.1 Å². The fourth-order valence-electron chi connectivity index (χ4n) is 3.21. The quantitative estimate of drug-likeness (QED) is 0.667. The summed E-state index contributed by atoms with van der Waals surface area (Å²) in [6.07, 6.45) is 0.953. The van der Waals surface area contributed by atoms with Crippen LogP contribution in [-0.2, 0) is 6.42 Å². The van der Waals surface area contributed by atoms with E-state index in [1.165, 1.54) is 16.7 Å². The molecule has 1 aliphatic rings. The number of benzene rings is 3. The first kappa shape index (κ1) is 16.7. The van der Waals surface area contributed by atoms with E-state index in [0.717, 1.165) is 30.0 Å². The molecule has 0 fully saturated rings. The van der Waals surface area contributed by atoms with Crippen molar-refractivity contribution in [2.45, 2.75) is 13.3 Å². The van der Waals surface area contributed by atoms with Crippen LogP contribution >= 0.6 is 11.6 Å². The highest BCUT2D eigenvalue weighted by Gasteiger charge is 2.15. The summed E-state index contributed by atoms with van der Waals surface area (Å²) in [4.78, 5) is 12.4. The Morgan fingerprint density at radius 1 is 1.08 bits per heavy atom. The predicted molar refractivity (Wildman–Crippen MR) is 105 cm³/mol. The molecule has 0 unspecified atom stereocenters. The SMILES string of the molecule is Cc1cc2c(cc1-c1ccc(NC(=O)c3ccccc3Cl)cc1)CCO2. The zero-order valence-corrected chi connectivity index (χ0v) is 15.1. The number of halogens is 1. The number of carbonyl (C=O) groups excluding carboxylic acids is 1. The molecular formula is C22H18ClNO2. The molecular weight excluding hydrogens is 346 g/mol. The highest BCUT2D eigenvalue weighted by molar-refractivity contribution is 6.34. The van der Waals surface area contributed by atoms with E-state index in [-0.39, 0.29) is 5.91 Å². The third kappa shape index (κ3) is 3.18. The van der Waals surface area contributed by atoms with Crippen molar-refractivity contribution < 1.29 is 9.53 Å². The number of amides is 1. The van der Waals surface area contributed by atoms with Crippen molar-refractivity contribution in [3.05, 3.63) is 82.4 Å². The maximum absolute atomic E-state index is 12.4. The van der Waals surface area contributed by atoms with Crippen LogP contribution in [0.25, 0.3) is 11.1 Å². The van der Waals surface area contributed by atoms with Crippen LogP contribution < -0.4 is 10.1 Å². The maximum atomic E-state index is 12.4. The average Bonchev–Trinajstić information content (AvgIpc) is 3.09. The van der Waals surface area contributed by atoms with Crippen LogP contribution in [-0.4, -0.2) is 12.5 Å². The summed E-state index contributed by atoms with van der Waals surface area (Å²) in [5.41, 5.74) is 5.94. The molecule has 1 aliphatic heterocycles. The third-order valence-corrected chi connectivity index (χ3v) is 4.94. The van der Waals surface area contributed by atoms with Gasteiger partial charge in [-0.25, -0.2) is 0 Å². The van der Waals surface area contributed by atoms with E-state index in [2.05, 4.69) is 24.4 Å². The summed E-state index contributed by atoms with van der Waals surface area (Å²) in [6.45, 7) is 2.84. The summed E-state index contributed by atoms with van der Waals surface area (Å²) in [6, 6.07) is 19.2. The van der Waals surface area contributed by atoms with Crippen LogP contribution in [0, 0.1) is 6.92 Å². The molecule has 3 nitrogen and oxygen atoms in total. The molecule has 1 heterocycles. The van der Waals surface area contributed by atoms with Crippen molar-refractivity contribution in [1.82, 2.24) is 0 Å². The minimum atomic E-state index is -0.214. The maximum Gasteiger partial charge on any atom is 0.257 e. The number of hydrogen-bond donors (Lipinski definition) is 1. The largest absolute Gasteiger partial charge is 0.493 e. The number of hydrogen-bond acceptors (Lipinski definition) is 2. The van der Waals surface area contributed by atoms with E-state index in [0.29, 0.717) is 10.6 Å². The second-order valence-corrected chi connectivity index (χ2v) is 6.79. The number of anilines is 1. The van der Waals surface area contributed by atoms with Gasteiger partial charge in [-0.2, -0.15) is 0 Å². The van der Waals surface area contributed by atoms with Gasteiger partial charge in [-0.05, 0) is 65.6 Å². The van der Waals surface area contributed by atoms with E-state index in [4.69, 9.17) is 16.3 Å². The van der Waals surface area contributed by atoms with Crippen LogP contribution in [0.2, 0.25) is 5.02 Å². The lowest BCUT2D eigenvalue weighted by atomic mass is 9.97. The fraction of sp³-hybridized carbons (Fsp3) is 0.136. The van der Waals surface area contributed by atoms with Gasteiger partial charge in [-0.1, -0.05) is 35.9 Å². The molecule has 0 bridgehead atoms. The molecule has 0 atom stereocenters. The number of nitrogens with one attached hydrogen (secondary N) is 1. The molecule has 1 N–H and O–H groups in total. The Balaban J connectivity index is 1.56. The molecule has 0 radical (unpaired) electrons. The molecule has 1 amide bonds. The Bertz CT molecular complexity index is 980. The molecule has 0 spiro atoms. The van der Waals surface area contributed by atoms with Gasteiger partial charge in [0.15, 0.2) is 0 Å². The fourth-order valence-corrected chi connectivity index (χ4v) is 3.44. The summed E-state index contributed by atoms with van der Waals surface area (Å²) < 4.78 is 5.63. The van der Waals surface area contributed by atoms with Crippen molar-refractivity contribution in [1.29, 1.82) is 0 Å². The van der Waals surface area contributed by atoms with Crippen molar-refractivity contribution in [2.75, 3.05) is 11.9 Å². The van der Waals surface area contributed by atoms with Crippen LogP contribution in [0.15, 0.2) is 60.7 Å². The average molecular weight is 364 g/mol. The number of carbonyl (C=O) groups is 1. The standard InChI is InChI=1S/C22H18ClNO2/c1-14-12-21-16(10-11-26-21)13-19(14)15-6-8-17(9-7-15)24-22(25)18-4-2-3-5-20(18)23/h2-9,12-13H,10-11H2,1H3,(H,24,25). The summed E-state index contributed by atoms with van der Waals surface area (Å²) in [5, 5.41) is 3.33. The van der Waals surface area contributed by atoms with Crippen LogP contribution in [0.4, 0.5) is 5.69 Å². The van der Waals surface area contributed by atoms with Gasteiger partial charge in [0.2, 0.25) is 0 Å². The molecule has 0 saturated carbocycles. The Hall–Kier alpha value is -2.78. The lowest BCUT2D eigenvalue weighted by molar-refractivity contribution is 0.102. The zero-order chi connectivity index (χ0) is 18.1. The summed E-state index contributed by atoms with van der Waals surface area (Å²) in [7, 11) is 0. The van der Waals surface area contributed by atoms with E-state index >= 15 is 0 Å². The van der Waals surface area contributed by atoms with E-state index < -0.39 is 0 Å². The first-order valence-corrected chi connectivity index (χ1v) is 8.92. The van der Waals surface area contributed by atoms with E-state index in [1.807, 2.05) is 24.3 Å². The van der Waals surface area contributed by atoms with E-state index in [1.54, 1.807) is 24.3 Å². The molecule has 0 aromatic heterocycles. The lowest BCUT2D eigenvalue weighted by Crippen LogP contribution is -2.12. The minimum absolute atomic E-state index is 0.214. The topological polar surface area (TPSA) is 38.3 Å². The lowest BCUT2D eigenvalue weighted by Gasteiger charge is -2.11. The van der Waals surface area contributed by atoms with Gasteiger partial charge in [-0.15, -0.1) is 0 Å². The normalized spacial score (nSPS) is 12.4. The molecule has 3 aromatic rings. The predicted octanol–water partition coefficient (Wildman–Crippen LogP) is 5.50. The van der Waals surface area contributed by atoms with Crippen molar-refractivity contribution in [3.8, 4) is 16.9 Å². The smallest absolute Gasteiger partial charge is 0.257 e. The molecule has 4 rings (SSSR count). The van der Waals surface area contributed by atoms with E-state index in [9.17, 15) is 4.79 Å². The number of fused-ring (bicyclic) bond motifs is 1. The molecule has 26 heavy (non-hydrogen) atoms. The minimum Gasteiger partial charge on any atom is -0.493 e. The van der Waals surface area contributed by atoms with Crippen LogP contribution in [0.3, 0.4) is 0 Å². The van der Waals surface area contributed by atoms with Crippen molar-refractivity contribution in [3.63, 3.8) is 0 Å². The van der Waals surface area contributed by atoms with Crippen LogP contribution in [0.5, 0.6) is 5.75 Å². The Morgan fingerprint density at radius 3 is 2.62 bits per heavy atom. The van der Waals surface area contributed by atoms with Crippen LogP contribution in [0.1, 0.15) is 21.5 Å². The molecule has 130 valence electrons. The first-order valence-electron chi connectivity index (χ1n) is 8.54. The Kier molecular flexibility index (Phi) is 4.39. The number of ether oxygens (including phenoxy) is 1. The highest BCUT2D eigenvalue weighted by atomic mass is 35.5. The van der Waals surface area contributed by atoms with Gasteiger partial charge in [-0.3, -0.25) is 4.79 Å². The number of aryl methyl sites for hydroxylation is 1. The van der Waals surface area contributed by atoms with Crippen molar-refractivity contribution >= 4 is 23.2 Å². The van der Waals surface area contributed by atoms with Gasteiger partial charge in [0.25, 0.3) is 5.91 Å². The monoisotopic (exact) mass is 363 g/mol. The molecule has 0 saturated heterocycles. The molecule has 0 aliphatic carbocycles. The number of rotatable bonds is 3. The van der Waals surface area contributed by atoms with Gasteiger partial charge in [0, 0.05) is 12.1 Å². The van der Waals surface area contributed by atoms with Gasteiger partial charge in [0.05, 0.1) is 17.2 Å². The molecule has 3 aromatic carbocycles. The second kappa shape index (κ2) is 6.85. The zero-order valence-electron chi connectivity index (χ0n) is 14.4. The van der Waals surface area contributed by atoms with Crippen molar-refractivity contribution in [2.24, 2.45) is 0 Å².